The van der Waals surface area contributed by atoms with Crippen molar-refractivity contribution in [2.24, 2.45) is 0 Å². The molecule has 6 nitrogen and oxygen atoms in total. The molecule has 0 radical (unpaired) electrons. The van der Waals surface area contributed by atoms with E-state index in [1.165, 1.54) is 25.3 Å². The van der Waals surface area contributed by atoms with E-state index in [0.717, 1.165) is 6.07 Å². The molecule has 2 aromatic carbocycles. The average Bonchev–Trinajstić information content (AvgIpc) is 2.48. The molecule has 2 N–H and O–H groups in total. The zero-order chi connectivity index (χ0) is 18.1. The number of aromatic carboxylic acids is 1. The van der Waals surface area contributed by atoms with Crippen LogP contribution in [0.15, 0.2) is 35.2 Å². The molecule has 0 aromatic heterocycles. The molecular weight excluding hydrogens is 337 g/mol. The Morgan fingerprint density at radius 3 is 2.46 bits per heavy atom. The lowest BCUT2D eigenvalue weighted by Gasteiger charge is -2.14. The Bertz CT molecular complexity index is 909. The lowest BCUT2D eigenvalue weighted by molar-refractivity contribution is 0.0693. The highest BCUT2D eigenvalue weighted by atomic mass is 32.2. The van der Waals surface area contributed by atoms with Crippen molar-refractivity contribution in [1.82, 2.24) is 0 Å². The minimum Gasteiger partial charge on any atom is -0.496 e. The van der Waals surface area contributed by atoms with Gasteiger partial charge < -0.3 is 9.84 Å². The number of carboxylic acids is 1. The van der Waals surface area contributed by atoms with E-state index in [2.05, 4.69) is 4.72 Å². The Morgan fingerprint density at radius 1 is 1.21 bits per heavy atom. The van der Waals surface area contributed by atoms with Crippen molar-refractivity contribution in [2.75, 3.05) is 11.8 Å². The number of anilines is 1. The number of carbonyl (C=O) groups is 1. The third-order valence-corrected chi connectivity index (χ3v) is 4.96. The van der Waals surface area contributed by atoms with Crippen molar-refractivity contribution in [1.29, 1.82) is 0 Å². The summed E-state index contributed by atoms with van der Waals surface area (Å²) >= 11 is 0. The molecule has 8 heteroatoms. The van der Waals surface area contributed by atoms with E-state index in [0.29, 0.717) is 16.9 Å². The lowest BCUT2D eigenvalue weighted by Crippen LogP contribution is -2.17. The largest absolute Gasteiger partial charge is 0.496 e. The van der Waals surface area contributed by atoms with Crippen LogP contribution >= 0.6 is 0 Å². The van der Waals surface area contributed by atoms with Crippen molar-refractivity contribution in [3.05, 3.63) is 52.8 Å². The van der Waals surface area contributed by atoms with E-state index in [4.69, 9.17) is 9.84 Å². The van der Waals surface area contributed by atoms with Gasteiger partial charge in [0, 0.05) is 0 Å². The minimum absolute atomic E-state index is 0.0404. The average molecular weight is 353 g/mol. The molecule has 0 saturated carbocycles. The first kappa shape index (κ1) is 17.7. The summed E-state index contributed by atoms with van der Waals surface area (Å²) in [6, 6.07) is 6.34. The summed E-state index contributed by atoms with van der Waals surface area (Å²) in [5, 5.41) is 9.09. The van der Waals surface area contributed by atoms with Crippen LogP contribution in [0.2, 0.25) is 0 Å². The molecular formula is C16H16FNO5S. The van der Waals surface area contributed by atoms with E-state index in [1.54, 1.807) is 19.9 Å². The molecule has 0 heterocycles. The van der Waals surface area contributed by atoms with Crippen molar-refractivity contribution in [2.45, 2.75) is 18.7 Å². The van der Waals surface area contributed by atoms with Gasteiger partial charge in [0.05, 0.1) is 17.7 Å². The SMILES string of the molecule is COc1cc(C)c(S(=O)(=O)Nc2cccc(F)c2C(=O)O)cc1C. The molecule has 0 saturated heterocycles. The molecule has 0 aliphatic heterocycles. The number of ether oxygens (including phenoxy) is 1. The van der Waals surface area contributed by atoms with E-state index in [1.807, 2.05) is 0 Å². The van der Waals surface area contributed by atoms with Gasteiger partial charge in [-0.05, 0) is 49.2 Å². The normalized spacial score (nSPS) is 11.2. The van der Waals surface area contributed by atoms with Gasteiger partial charge in [-0.15, -0.1) is 0 Å². The second-order valence-corrected chi connectivity index (χ2v) is 6.81. The molecule has 0 unspecified atom stereocenters. The quantitative estimate of drug-likeness (QED) is 0.862. The number of benzene rings is 2. The van der Waals surface area contributed by atoms with Crippen LogP contribution in [0.1, 0.15) is 21.5 Å². The first-order chi connectivity index (χ1) is 11.2. The summed E-state index contributed by atoms with van der Waals surface area (Å²) in [7, 11) is -2.63. The standard InChI is InChI=1S/C16H16FNO5S/c1-9-8-14(10(2)7-13(9)23-3)24(21,22)18-12-6-4-5-11(17)15(12)16(19)20/h4-8,18H,1-3H3,(H,19,20). The first-order valence-corrected chi connectivity index (χ1v) is 8.35. The van der Waals surface area contributed by atoms with Gasteiger partial charge in [0.1, 0.15) is 17.1 Å². The molecule has 0 atom stereocenters. The molecule has 128 valence electrons. The van der Waals surface area contributed by atoms with Crippen LogP contribution < -0.4 is 9.46 Å². The van der Waals surface area contributed by atoms with E-state index < -0.39 is 27.4 Å². The summed E-state index contributed by atoms with van der Waals surface area (Å²) in [6.45, 7) is 3.27. The molecule has 0 bridgehead atoms. The summed E-state index contributed by atoms with van der Waals surface area (Å²) < 4.78 is 46.2. The van der Waals surface area contributed by atoms with Crippen molar-refractivity contribution >= 4 is 21.7 Å². The fraction of sp³-hybridized carbons (Fsp3) is 0.188. The highest BCUT2D eigenvalue weighted by molar-refractivity contribution is 7.92. The summed E-state index contributed by atoms with van der Waals surface area (Å²) in [6.07, 6.45) is 0. The molecule has 2 aromatic rings. The van der Waals surface area contributed by atoms with Gasteiger partial charge >= 0.3 is 5.97 Å². The predicted octanol–water partition coefficient (Wildman–Crippen LogP) is 2.95. The second-order valence-electron chi connectivity index (χ2n) is 5.16. The summed E-state index contributed by atoms with van der Waals surface area (Å²) in [5.41, 5.74) is -0.0567. The zero-order valence-corrected chi connectivity index (χ0v) is 14.1. The van der Waals surface area contributed by atoms with Gasteiger partial charge in [0.25, 0.3) is 10.0 Å². The summed E-state index contributed by atoms with van der Waals surface area (Å²) in [5.74, 6) is -2.05. The number of nitrogens with one attached hydrogen (secondary N) is 1. The molecule has 2 rings (SSSR count). The molecule has 0 aliphatic rings. The number of hydrogen-bond acceptors (Lipinski definition) is 4. The Balaban J connectivity index is 2.53. The first-order valence-electron chi connectivity index (χ1n) is 6.87. The smallest absolute Gasteiger partial charge is 0.340 e. The number of aryl methyl sites for hydroxylation is 2. The third-order valence-electron chi connectivity index (χ3n) is 3.45. The Morgan fingerprint density at radius 2 is 1.88 bits per heavy atom. The van der Waals surface area contributed by atoms with Crippen LogP contribution in [0.5, 0.6) is 5.75 Å². The van der Waals surface area contributed by atoms with Gasteiger partial charge in [-0.2, -0.15) is 0 Å². The van der Waals surface area contributed by atoms with Crippen LogP contribution in [-0.4, -0.2) is 26.6 Å². The highest BCUT2D eigenvalue weighted by Crippen LogP contribution is 2.28. The van der Waals surface area contributed by atoms with E-state index >= 15 is 0 Å². The highest BCUT2D eigenvalue weighted by Gasteiger charge is 2.23. The van der Waals surface area contributed by atoms with Gasteiger partial charge in [0.15, 0.2) is 0 Å². The Labute approximate surface area is 138 Å². The maximum Gasteiger partial charge on any atom is 0.340 e. The lowest BCUT2D eigenvalue weighted by atomic mass is 10.1. The predicted molar refractivity (Wildman–Crippen MR) is 86.6 cm³/mol. The number of methoxy groups -OCH3 is 1. The Hall–Kier alpha value is -2.61. The molecule has 0 spiro atoms. The molecule has 0 amide bonds. The second kappa shape index (κ2) is 6.48. The van der Waals surface area contributed by atoms with Crippen molar-refractivity contribution in [3.8, 4) is 5.75 Å². The van der Waals surface area contributed by atoms with E-state index in [-0.39, 0.29) is 10.6 Å². The molecule has 0 aliphatic carbocycles. The van der Waals surface area contributed by atoms with Gasteiger partial charge in [0.2, 0.25) is 0 Å². The third kappa shape index (κ3) is 3.33. The van der Waals surface area contributed by atoms with Gasteiger partial charge in [-0.25, -0.2) is 17.6 Å². The van der Waals surface area contributed by atoms with Gasteiger partial charge in [-0.3, -0.25) is 4.72 Å². The van der Waals surface area contributed by atoms with Crippen LogP contribution in [-0.2, 0) is 10.0 Å². The van der Waals surface area contributed by atoms with Crippen LogP contribution in [0.3, 0.4) is 0 Å². The maximum absolute atomic E-state index is 13.7. The number of halogens is 1. The zero-order valence-electron chi connectivity index (χ0n) is 13.3. The monoisotopic (exact) mass is 353 g/mol. The van der Waals surface area contributed by atoms with Crippen LogP contribution in [0, 0.1) is 19.7 Å². The van der Waals surface area contributed by atoms with Crippen molar-refractivity contribution in [3.63, 3.8) is 0 Å². The number of hydrogen-bond donors (Lipinski definition) is 2. The van der Waals surface area contributed by atoms with Crippen LogP contribution in [0.4, 0.5) is 10.1 Å². The summed E-state index contributed by atoms with van der Waals surface area (Å²) in [4.78, 5) is 11.1. The number of sulfonamides is 1. The minimum atomic E-state index is -4.10. The van der Waals surface area contributed by atoms with Crippen molar-refractivity contribution < 1.29 is 27.4 Å². The van der Waals surface area contributed by atoms with E-state index in [9.17, 15) is 17.6 Å². The number of carboxylic acid groups (broad SMARTS) is 1. The molecule has 24 heavy (non-hydrogen) atoms. The fourth-order valence-corrected chi connectivity index (χ4v) is 3.68. The van der Waals surface area contributed by atoms with Crippen LogP contribution in [0.25, 0.3) is 0 Å². The number of rotatable bonds is 5. The fourth-order valence-electron chi connectivity index (χ4n) is 2.30. The maximum atomic E-state index is 13.7. The Kier molecular flexibility index (Phi) is 4.79. The topological polar surface area (TPSA) is 92.7 Å². The molecule has 0 fully saturated rings. The van der Waals surface area contributed by atoms with Gasteiger partial charge in [-0.1, -0.05) is 6.07 Å².